The summed E-state index contributed by atoms with van der Waals surface area (Å²) in [7, 11) is 3.41. The molecule has 5 heteroatoms. The number of hydrogen-bond acceptors (Lipinski definition) is 3. The third-order valence-electron chi connectivity index (χ3n) is 4.76. The van der Waals surface area contributed by atoms with E-state index < -0.39 is 11.7 Å². The van der Waals surface area contributed by atoms with E-state index in [1.54, 1.807) is 32.6 Å². The summed E-state index contributed by atoms with van der Waals surface area (Å²) < 4.78 is 1.62. The summed E-state index contributed by atoms with van der Waals surface area (Å²) in [5, 5.41) is 4.22. The first kappa shape index (κ1) is 18.6. The molecule has 0 aliphatic rings. The number of nitrogens with zero attached hydrogens (tertiary/aromatic N) is 3. The predicted molar refractivity (Wildman–Crippen MR) is 105 cm³/mol. The minimum absolute atomic E-state index is 0.373. The van der Waals surface area contributed by atoms with Crippen LogP contribution in [0.1, 0.15) is 27.3 Å². The molecule has 1 heterocycles. The predicted octanol–water partition coefficient (Wildman–Crippen LogP) is 3.55. The van der Waals surface area contributed by atoms with Crippen LogP contribution in [0.4, 0.5) is 0 Å². The molecule has 0 aliphatic carbocycles. The Kier molecular flexibility index (Phi) is 5.21. The van der Waals surface area contributed by atoms with Gasteiger partial charge in [0.15, 0.2) is 0 Å². The Bertz CT molecular complexity index is 973. The maximum atomic E-state index is 12.6. The summed E-state index contributed by atoms with van der Waals surface area (Å²) in [6, 6.07) is 18.1. The van der Waals surface area contributed by atoms with E-state index in [0.717, 1.165) is 16.7 Å². The van der Waals surface area contributed by atoms with Crippen LogP contribution in [0.3, 0.4) is 0 Å². The molecule has 2 aromatic carbocycles. The van der Waals surface area contributed by atoms with Gasteiger partial charge in [-0.2, -0.15) is 5.10 Å². The number of ketones is 1. The molecule has 138 valence electrons. The van der Waals surface area contributed by atoms with Gasteiger partial charge < -0.3 is 4.90 Å². The van der Waals surface area contributed by atoms with Crippen molar-refractivity contribution in [3.05, 3.63) is 77.1 Å². The number of carbonyl (C=O) groups is 2. The second-order valence-corrected chi connectivity index (χ2v) is 6.72. The van der Waals surface area contributed by atoms with E-state index in [2.05, 4.69) is 17.2 Å². The first-order valence-corrected chi connectivity index (χ1v) is 8.83. The number of rotatable bonds is 5. The van der Waals surface area contributed by atoms with Crippen molar-refractivity contribution < 1.29 is 9.59 Å². The van der Waals surface area contributed by atoms with Gasteiger partial charge in [-0.1, -0.05) is 54.6 Å². The van der Waals surface area contributed by atoms with Gasteiger partial charge in [0.05, 0.1) is 11.3 Å². The van der Waals surface area contributed by atoms with E-state index in [4.69, 9.17) is 0 Å². The highest BCUT2D eigenvalue weighted by molar-refractivity contribution is 6.43. The van der Waals surface area contributed by atoms with E-state index in [-0.39, 0.29) is 0 Å². The summed E-state index contributed by atoms with van der Waals surface area (Å²) in [5.41, 5.74) is 4.91. The van der Waals surface area contributed by atoms with Crippen LogP contribution < -0.4 is 0 Å². The van der Waals surface area contributed by atoms with E-state index >= 15 is 0 Å². The zero-order chi connectivity index (χ0) is 19.6. The van der Waals surface area contributed by atoms with E-state index in [1.165, 1.54) is 4.90 Å². The summed E-state index contributed by atoms with van der Waals surface area (Å²) in [5.74, 6) is -1.04. The molecular formula is C22H23N3O2. The third kappa shape index (κ3) is 3.82. The van der Waals surface area contributed by atoms with Crippen molar-refractivity contribution in [1.29, 1.82) is 0 Å². The molecule has 0 saturated carbocycles. The zero-order valence-electron chi connectivity index (χ0n) is 16.1. The molecule has 0 fully saturated rings. The van der Waals surface area contributed by atoms with Gasteiger partial charge in [-0.05, 0) is 30.5 Å². The molecule has 3 aromatic rings. The fourth-order valence-electron chi connectivity index (χ4n) is 3.16. The molecule has 0 saturated heterocycles. The number of hydrogen-bond donors (Lipinski definition) is 0. The van der Waals surface area contributed by atoms with Gasteiger partial charge >= 0.3 is 0 Å². The van der Waals surface area contributed by atoms with Crippen molar-refractivity contribution in [3.8, 4) is 11.1 Å². The zero-order valence-corrected chi connectivity index (χ0v) is 16.1. The number of likely N-dealkylation sites (N-methyl/N-ethyl adjacent to an activating group) is 1. The largest absolute Gasteiger partial charge is 0.335 e. The van der Waals surface area contributed by atoms with Crippen molar-refractivity contribution in [2.24, 2.45) is 7.05 Å². The van der Waals surface area contributed by atoms with Crippen LogP contribution in [0, 0.1) is 13.8 Å². The average Bonchev–Trinajstić information content (AvgIpc) is 2.93. The molecule has 0 N–H and O–H groups in total. The minimum Gasteiger partial charge on any atom is -0.335 e. The number of Topliss-reactive ketones (excluding diaryl/α,β-unsaturated/α-hetero) is 1. The van der Waals surface area contributed by atoms with Crippen LogP contribution in [0.15, 0.2) is 54.6 Å². The Balaban J connectivity index is 1.72. The van der Waals surface area contributed by atoms with Gasteiger partial charge in [0.1, 0.15) is 0 Å². The summed E-state index contributed by atoms with van der Waals surface area (Å²) in [6.07, 6.45) is 0. The number of aromatic nitrogens is 2. The Morgan fingerprint density at radius 1 is 0.963 bits per heavy atom. The fraction of sp³-hybridized carbons (Fsp3) is 0.227. The summed E-state index contributed by atoms with van der Waals surface area (Å²) in [4.78, 5) is 26.7. The van der Waals surface area contributed by atoms with Gasteiger partial charge in [0.25, 0.3) is 11.7 Å². The number of aryl methyl sites for hydroxylation is 2. The monoisotopic (exact) mass is 361 g/mol. The van der Waals surface area contributed by atoms with Crippen molar-refractivity contribution >= 4 is 11.7 Å². The Hall–Kier alpha value is -3.21. The third-order valence-corrected chi connectivity index (χ3v) is 4.76. The van der Waals surface area contributed by atoms with Crippen LogP contribution in [0.5, 0.6) is 0 Å². The molecule has 5 nitrogen and oxygen atoms in total. The molecular weight excluding hydrogens is 338 g/mol. The molecule has 0 bridgehead atoms. The Morgan fingerprint density at radius 2 is 1.56 bits per heavy atom. The highest BCUT2D eigenvalue weighted by Crippen LogP contribution is 2.20. The SMILES string of the molecule is Cc1nn(C)c(C)c1C(=O)C(=O)N(C)Cc1ccc(-c2ccccc2)cc1. The normalized spacial score (nSPS) is 10.7. The lowest BCUT2D eigenvalue weighted by atomic mass is 10.0. The molecule has 0 atom stereocenters. The second-order valence-electron chi connectivity index (χ2n) is 6.72. The first-order chi connectivity index (χ1) is 12.9. The number of amides is 1. The molecule has 27 heavy (non-hydrogen) atoms. The first-order valence-electron chi connectivity index (χ1n) is 8.83. The van der Waals surface area contributed by atoms with Crippen molar-refractivity contribution in [3.63, 3.8) is 0 Å². The lowest BCUT2D eigenvalue weighted by Gasteiger charge is -2.17. The minimum atomic E-state index is -0.527. The van der Waals surface area contributed by atoms with Gasteiger partial charge in [-0.25, -0.2) is 0 Å². The van der Waals surface area contributed by atoms with Gasteiger partial charge in [-0.15, -0.1) is 0 Å². The van der Waals surface area contributed by atoms with E-state index in [1.807, 2.05) is 42.5 Å². The van der Waals surface area contributed by atoms with Crippen LogP contribution in [-0.4, -0.2) is 33.4 Å². The topological polar surface area (TPSA) is 55.2 Å². The molecule has 0 aliphatic heterocycles. The quantitative estimate of drug-likeness (QED) is 0.516. The molecule has 1 amide bonds. The second kappa shape index (κ2) is 7.58. The van der Waals surface area contributed by atoms with Gasteiger partial charge in [0.2, 0.25) is 0 Å². The molecule has 1 aromatic heterocycles. The fourth-order valence-corrected chi connectivity index (χ4v) is 3.16. The summed E-state index contributed by atoms with van der Waals surface area (Å²) in [6.45, 7) is 3.91. The standard InChI is InChI=1S/C22H23N3O2/c1-15-20(16(2)25(4)23-15)21(26)22(27)24(3)14-17-10-12-19(13-11-17)18-8-6-5-7-9-18/h5-13H,14H2,1-4H3. The number of carbonyl (C=O) groups excluding carboxylic acids is 2. The highest BCUT2D eigenvalue weighted by Gasteiger charge is 2.26. The van der Waals surface area contributed by atoms with Crippen molar-refractivity contribution in [1.82, 2.24) is 14.7 Å². The maximum absolute atomic E-state index is 12.6. The lowest BCUT2D eigenvalue weighted by Crippen LogP contribution is -2.33. The summed E-state index contributed by atoms with van der Waals surface area (Å²) >= 11 is 0. The smallest absolute Gasteiger partial charge is 0.295 e. The molecule has 0 radical (unpaired) electrons. The van der Waals surface area contributed by atoms with Crippen LogP contribution in [-0.2, 0) is 18.4 Å². The molecule has 3 rings (SSSR count). The van der Waals surface area contributed by atoms with E-state index in [9.17, 15) is 9.59 Å². The average molecular weight is 361 g/mol. The number of benzene rings is 2. The van der Waals surface area contributed by atoms with Gasteiger partial charge in [0, 0.05) is 26.3 Å². The van der Waals surface area contributed by atoms with Crippen molar-refractivity contribution in [2.75, 3.05) is 7.05 Å². The Labute approximate surface area is 159 Å². The van der Waals surface area contributed by atoms with Crippen LogP contribution in [0.2, 0.25) is 0 Å². The van der Waals surface area contributed by atoms with Crippen molar-refractivity contribution in [2.45, 2.75) is 20.4 Å². The van der Waals surface area contributed by atoms with Crippen LogP contribution in [0.25, 0.3) is 11.1 Å². The lowest BCUT2D eigenvalue weighted by molar-refractivity contribution is -0.125. The van der Waals surface area contributed by atoms with E-state index in [0.29, 0.717) is 23.5 Å². The Morgan fingerprint density at radius 3 is 2.11 bits per heavy atom. The molecule has 0 unspecified atom stereocenters. The van der Waals surface area contributed by atoms with Crippen LogP contribution >= 0.6 is 0 Å². The van der Waals surface area contributed by atoms with Gasteiger partial charge in [-0.3, -0.25) is 14.3 Å². The highest BCUT2D eigenvalue weighted by atomic mass is 16.2. The molecule has 0 spiro atoms. The maximum Gasteiger partial charge on any atom is 0.295 e.